The molecule has 76 heavy (non-hydrogen) atoms. The van der Waals surface area contributed by atoms with Gasteiger partial charge in [-0.1, -0.05) is 180 Å². The molecule has 14 rings (SSSR count). The van der Waals surface area contributed by atoms with E-state index in [1.54, 1.807) is 0 Å². The fraction of sp³-hybridized carbons (Fsp3) is 0.129. The van der Waals surface area contributed by atoms with Crippen molar-refractivity contribution < 1.29 is 0 Å². The molecule has 1 aliphatic rings. The second-order valence-corrected chi connectivity index (χ2v) is 21.7. The molecule has 0 saturated heterocycles. The summed E-state index contributed by atoms with van der Waals surface area (Å²) < 4.78 is 7.48. The number of para-hydroxylation sites is 6. The van der Waals surface area contributed by atoms with Crippen LogP contribution in [0.25, 0.3) is 82.5 Å². The molecule has 0 amide bonds. The fourth-order valence-electron chi connectivity index (χ4n) is 13.1. The molecule has 0 spiro atoms. The minimum atomic E-state index is -0.00978. The molecule has 1 aliphatic heterocycles. The molecule has 4 heterocycles. The van der Waals surface area contributed by atoms with Crippen LogP contribution in [0, 0.1) is 11.3 Å². The van der Waals surface area contributed by atoms with Crippen molar-refractivity contribution in [3.63, 3.8) is 0 Å². The summed E-state index contributed by atoms with van der Waals surface area (Å²) in [6.07, 6.45) is 0. The highest BCUT2D eigenvalue weighted by atomic mass is 15.2. The molecule has 13 aromatic rings. The van der Waals surface area contributed by atoms with E-state index in [1.807, 2.05) is 18.2 Å². The van der Waals surface area contributed by atoms with E-state index in [-0.39, 0.29) is 6.71 Å². The first kappa shape index (κ1) is 45.6. The Balaban J connectivity index is 1.18. The minimum absolute atomic E-state index is 0.00978. The summed E-state index contributed by atoms with van der Waals surface area (Å²) in [4.78, 5) is 2.51. The van der Waals surface area contributed by atoms with E-state index in [0.29, 0.717) is 23.3 Å². The molecule has 364 valence electrons. The second-order valence-electron chi connectivity index (χ2n) is 21.7. The van der Waals surface area contributed by atoms with Crippen molar-refractivity contribution in [2.24, 2.45) is 0 Å². The number of fused-ring (bicyclic) bond motifs is 14. The molecule has 5 nitrogen and oxygen atoms in total. The number of rotatable bonds is 8. The Morgan fingerprint density at radius 3 is 1.36 bits per heavy atom. The molecule has 6 heteroatoms. The first-order valence-electron chi connectivity index (χ1n) is 26.9. The topological polar surface area (TPSA) is 41.8 Å². The molecule has 0 aliphatic carbocycles. The number of benzene rings is 10. The SMILES string of the molecule is CC(C)c1cc(C(C)C)c(B2c3ccccc3N(c3ccccc3)c3cc(-n4c5ccccc5c5c6c(c7ccccc7n6-c6cccc(C#N)c6)c6c(c7ccccc7n6-c6ccccc6)c54)ccc32)c(C(C)C)c1. The van der Waals surface area contributed by atoms with Crippen molar-refractivity contribution in [1.29, 1.82) is 5.26 Å². The van der Waals surface area contributed by atoms with Gasteiger partial charge in [0.25, 0.3) is 0 Å². The van der Waals surface area contributed by atoms with Crippen LogP contribution in [0.3, 0.4) is 0 Å². The predicted molar refractivity (Wildman–Crippen MR) is 322 cm³/mol. The normalized spacial score (nSPS) is 12.6. The summed E-state index contributed by atoms with van der Waals surface area (Å²) in [5.41, 5.74) is 22.3. The van der Waals surface area contributed by atoms with Crippen molar-refractivity contribution in [1.82, 2.24) is 13.7 Å². The predicted octanol–water partition coefficient (Wildman–Crippen LogP) is 16.5. The lowest BCUT2D eigenvalue weighted by Gasteiger charge is -2.39. The number of anilines is 3. The smallest absolute Gasteiger partial charge is 0.247 e. The fourth-order valence-corrected chi connectivity index (χ4v) is 13.1. The van der Waals surface area contributed by atoms with Crippen molar-refractivity contribution >= 4 is 106 Å². The Morgan fingerprint density at radius 1 is 0.382 bits per heavy atom. The third-order valence-corrected chi connectivity index (χ3v) is 16.4. The quantitative estimate of drug-likeness (QED) is 0.142. The van der Waals surface area contributed by atoms with Gasteiger partial charge in [0.2, 0.25) is 6.71 Å². The van der Waals surface area contributed by atoms with E-state index in [0.717, 1.165) is 66.6 Å². The van der Waals surface area contributed by atoms with Crippen molar-refractivity contribution in [2.75, 3.05) is 4.90 Å². The molecule has 0 bridgehead atoms. The minimum Gasteiger partial charge on any atom is -0.311 e. The summed E-state index contributed by atoms with van der Waals surface area (Å²) in [5, 5.41) is 17.4. The number of hydrogen-bond donors (Lipinski definition) is 0. The van der Waals surface area contributed by atoms with Crippen LogP contribution < -0.4 is 21.3 Å². The van der Waals surface area contributed by atoms with E-state index >= 15 is 0 Å². The zero-order valence-corrected chi connectivity index (χ0v) is 43.8. The maximum Gasteiger partial charge on any atom is 0.247 e. The van der Waals surface area contributed by atoms with Gasteiger partial charge in [0.05, 0.1) is 44.7 Å². The van der Waals surface area contributed by atoms with Gasteiger partial charge in [-0.05, 0) is 124 Å². The van der Waals surface area contributed by atoms with Crippen LogP contribution in [0.5, 0.6) is 0 Å². The van der Waals surface area contributed by atoms with Gasteiger partial charge >= 0.3 is 0 Å². The molecular weight excluding hydrogens is 922 g/mol. The third kappa shape index (κ3) is 6.65. The molecule has 3 aromatic heterocycles. The Kier molecular flexibility index (Phi) is 10.5. The standard InChI is InChI=1S/C70H56BN5/c1-43(2)47-39-55(44(3)4)67(56(40-47)45(5)6)71-57-31-16-20-35-62(57)73(48-23-9-7-10-24-48)63-41-51(36-37-58(63)71)76-61-34-19-15-30-54(61)66-69-65(53-29-14-18-33-60(53)75(69)50-27-21-22-46(38-50)42-72)68-64(70(66)76)52-28-13-17-32-59(52)74(68)49-25-11-8-12-26-49/h7-41,43-45H,1-6H3. The molecule has 0 N–H and O–H groups in total. The van der Waals surface area contributed by atoms with Gasteiger partial charge < -0.3 is 18.6 Å². The van der Waals surface area contributed by atoms with Gasteiger partial charge in [0.1, 0.15) is 0 Å². The van der Waals surface area contributed by atoms with Gasteiger partial charge in [-0.2, -0.15) is 5.26 Å². The Bertz CT molecular complexity index is 4500. The zero-order valence-electron chi connectivity index (χ0n) is 43.8. The number of nitrogens with zero attached hydrogens (tertiary/aromatic N) is 5. The lowest BCUT2D eigenvalue weighted by atomic mass is 9.33. The molecule has 0 radical (unpaired) electrons. The molecule has 0 fully saturated rings. The largest absolute Gasteiger partial charge is 0.311 e. The first-order chi connectivity index (χ1) is 37.2. The van der Waals surface area contributed by atoms with E-state index in [4.69, 9.17) is 0 Å². The van der Waals surface area contributed by atoms with E-state index in [1.165, 1.54) is 66.0 Å². The van der Waals surface area contributed by atoms with Crippen LogP contribution >= 0.6 is 0 Å². The number of aromatic nitrogens is 3. The Labute approximate surface area is 444 Å². The van der Waals surface area contributed by atoms with Crippen LogP contribution in [-0.2, 0) is 0 Å². The highest BCUT2D eigenvalue weighted by Crippen LogP contribution is 2.51. The molecule has 0 atom stereocenters. The van der Waals surface area contributed by atoms with Gasteiger partial charge in [-0.3, -0.25) is 0 Å². The highest BCUT2D eigenvalue weighted by Gasteiger charge is 2.39. The average Bonchev–Trinajstić information content (AvgIpc) is 4.32. The number of nitriles is 1. The Morgan fingerprint density at radius 2 is 0.829 bits per heavy atom. The van der Waals surface area contributed by atoms with Crippen LogP contribution in [0.2, 0.25) is 0 Å². The molecule has 0 saturated carbocycles. The van der Waals surface area contributed by atoms with Crippen molar-refractivity contribution in [3.05, 3.63) is 235 Å². The van der Waals surface area contributed by atoms with E-state index in [9.17, 15) is 5.26 Å². The Hall–Kier alpha value is -9.05. The lowest BCUT2D eigenvalue weighted by molar-refractivity contribution is 0.812. The van der Waals surface area contributed by atoms with Crippen LogP contribution in [0.4, 0.5) is 17.1 Å². The summed E-state index contributed by atoms with van der Waals surface area (Å²) in [6.45, 7) is 14.1. The number of hydrogen-bond acceptors (Lipinski definition) is 2. The zero-order chi connectivity index (χ0) is 51.5. The molecule has 0 unspecified atom stereocenters. The summed E-state index contributed by atoms with van der Waals surface area (Å²) in [5.74, 6) is 1.05. The van der Waals surface area contributed by atoms with E-state index in [2.05, 4.69) is 260 Å². The van der Waals surface area contributed by atoms with E-state index < -0.39 is 0 Å². The van der Waals surface area contributed by atoms with Crippen molar-refractivity contribution in [2.45, 2.75) is 59.3 Å². The summed E-state index contributed by atoms with van der Waals surface area (Å²) in [7, 11) is 0. The van der Waals surface area contributed by atoms with Gasteiger partial charge in [0, 0.05) is 66.4 Å². The maximum atomic E-state index is 10.4. The second kappa shape index (κ2) is 17.5. The maximum absolute atomic E-state index is 10.4. The lowest BCUT2D eigenvalue weighted by Crippen LogP contribution is -2.59. The molecule has 10 aromatic carbocycles. The summed E-state index contributed by atoms with van der Waals surface area (Å²) in [6, 6.07) is 80.6. The van der Waals surface area contributed by atoms with Crippen LogP contribution in [-0.4, -0.2) is 20.4 Å². The third-order valence-electron chi connectivity index (χ3n) is 16.4. The van der Waals surface area contributed by atoms with Gasteiger partial charge in [0.15, 0.2) is 0 Å². The van der Waals surface area contributed by atoms with Gasteiger partial charge in [-0.15, -0.1) is 0 Å². The highest BCUT2D eigenvalue weighted by molar-refractivity contribution is 6.98. The van der Waals surface area contributed by atoms with Gasteiger partial charge in [-0.25, -0.2) is 0 Å². The summed E-state index contributed by atoms with van der Waals surface area (Å²) >= 11 is 0. The average molecular weight is 978 g/mol. The van der Waals surface area contributed by atoms with Crippen LogP contribution in [0.1, 0.15) is 81.5 Å². The molecular formula is C70H56BN5. The first-order valence-corrected chi connectivity index (χ1v) is 26.9. The monoisotopic (exact) mass is 977 g/mol. The van der Waals surface area contributed by atoms with Crippen LogP contribution in [0.15, 0.2) is 212 Å². The van der Waals surface area contributed by atoms with Crippen molar-refractivity contribution in [3.8, 4) is 23.1 Å².